The average Bonchev–Trinajstić information content (AvgIpc) is 2.57. The fraction of sp³-hybridized carbons (Fsp3) is 0.647. The summed E-state index contributed by atoms with van der Waals surface area (Å²) in [5, 5.41) is 4.10. The molecule has 24 heavy (non-hydrogen) atoms. The monoisotopic (exact) mass is 398 g/mol. The van der Waals surface area contributed by atoms with Crippen LogP contribution in [0.15, 0.2) is 12.1 Å². The highest BCUT2D eigenvalue weighted by atomic mass is 35.5. The van der Waals surface area contributed by atoms with Crippen LogP contribution in [0.4, 0.5) is 0 Å². The molecule has 0 radical (unpaired) electrons. The summed E-state index contributed by atoms with van der Waals surface area (Å²) < 4.78 is 10.8. The van der Waals surface area contributed by atoms with Crippen LogP contribution >= 0.6 is 36.4 Å². The Labute approximate surface area is 163 Å². The van der Waals surface area contributed by atoms with Crippen LogP contribution < -0.4 is 14.8 Å². The number of ether oxygens (including phenoxy) is 2. The number of rotatable bonds is 7. The van der Waals surface area contributed by atoms with Crippen molar-refractivity contribution >= 4 is 36.4 Å². The van der Waals surface area contributed by atoms with E-state index in [9.17, 15) is 0 Å². The smallest absolute Gasteiger partial charge is 0.179 e. The third kappa shape index (κ3) is 5.57. The molecule has 140 valence electrons. The zero-order chi connectivity index (χ0) is 15.9. The van der Waals surface area contributed by atoms with Crippen molar-refractivity contribution in [3.05, 3.63) is 22.7 Å². The number of unbranched alkanes of at least 4 members (excludes halogenated alkanes) is 1. The van der Waals surface area contributed by atoms with Crippen LogP contribution in [0.1, 0.15) is 37.8 Å². The zero-order valence-electron chi connectivity index (χ0n) is 14.6. The second kappa shape index (κ2) is 12.0. The number of nitrogens with zero attached hydrogens (tertiary/aromatic N) is 1. The van der Waals surface area contributed by atoms with Crippen LogP contribution in [0.3, 0.4) is 0 Å². The van der Waals surface area contributed by atoms with Crippen molar-refractivity contribution in [1.29, 1.82) is 0 Å². The fourth-order valence-corrected chi connectivity index (χ4v) is 3.45. The van der Waals surface area contributed by atoms with E-state index in [1.165, 1.54) is 12.8 Å². The van der Waals surface area contributed by atoms with E-state index in [4.69, 9.17) is 21.1 Å². The number of nitrogens with one attached hydrogen (secondary N) is 1. The number of benzene rings is 1. The van der Waals surface area contributed by atoms with E-state index in [0.29, 0.717) is 22.6 Å². The van der Waals surface area contributed by atoms with Crippen molar-refractivity contribution in [2.45, 2.75) is 32.2 Å². The molecule has 4 nitrogen and oxygen atoms in total. The molecule has 7 heteroatoms. The second-order valence-corrected chi connectivity index (χ2v) is 6.03. The molecule has 1 aliphatic rings. The third-order valence-electron chi connectivity index (χ3n) is 4.30. The van der Waals surface area contributed by atoms with E-state index in [1.54, 1.807) is 14.2 Å². The molecule has 0 aliphatic carbocycles. The minimum absolute atomic E-state index is 0. The maximum Gasteiger partial charge on any atom is 0.179 e. The van der Waals surface area contributed by atoms with Crippen LogP contribution in [-0.4, -0.2) is 45.3 Å². The number of methoxy groups -OCH3 is 2. The predicted octanol–water partition coefficient (Wildman–Crippen LogP) is 4.34. The van der Waals surface area contributed by atoms with Crippen molar-refractivity contribution in [3.63, 3.8) is 0 Å². The van der Waals surface area contributed by atoms with Gasteiger partial charge in [-0.05, 0) is 18.1 Å². The van der Waals surface area contributed by atoms with Crippen LogP contribution in [0.2, 0.25) is 5.02 Å². The Bertz CT molecular complexity index is 483. The first-order valence-corrected chi connectivity index (χ1v) is 8.45. The predicted molar refractivity (Wildman–Crippen MR) is 106 cm³/mol. The summed E-state index contributed by atoms with van der Waals surface area (Å²) in [4.78, 5) is 2.53. The van der Waals surface area contributed by atoms with E-state index >= 15 is 0 Å². The topological polar surface area (TPSA) is 33.7 Å². The Kier molecular flexibility index (Phi) is 11.8. The minimum atomic E-state index is 0. The van der Waals surface area contributed by atoms with Crippen LogP contribution in [-0.2, 0) is 0 Å². The van der Waals surface area contributed by atoms with Crippen molar-refractivity contribution < 1.29 is 9.47 Å². The van der Waals surface area contributed by atoms with Gasteiger partial charge >= 0.3 is 0 Å². The van der Waals surface area contributed by atoms with Gasteiger partial charge in [0.25, 0.3) is 0 Å². The first-order chi connectivity index (χ1) is 10.7. The molecule has 0 amide bonds. The van der Waals surface area contributed by atoms with Gasteiger partial charge in [-0.15, -0.1) is 24.8 Å². The number of hydrogen-bond donors (Lipinski definition) is 1. The van der Waals surface area contributed by atoms with Gasteiger partial charge in [0.1, 0.15) is 0 Å². The Hall–Kier alpha value is -0.390. The van der Waals surface area contributed by atoms with Crippen LogP contribution in [0.5, 0.6) is 11.5 Å². The molecule has 0 unspecified atom stereocenters. The highest BCUT2D eigenvalue weighted by Gasteiger charge is 2.26. The van der Waals surface area contributed by atoms with Gasteiger partial charge in [0.05, 0.1) is 19.2 Å². The van der Waals surface area contributed by atoms with Crippen LogP contribution in [0.25, 0.3) is 0 Å². The largest absolute Gasteiger partial charge is 0.493 e. The Morgan fingerprint density at radius 3 is 2.38 bits per heavy atom. The molecule has 0 spiro atoms. The zero-order valence-corrected chi connectivity index (χ0v) is 17.0. The van der Waals surface area contributed by atoms with Gasteiger partial charge in [-0.1, -0.05) is 37.4 Å². The lowest BCUT2D eigenvalue weighted by Gasteiger charge is -2.36. The second-order valence-electron chi connectivity index (χ2n) is 5.65. The van der Waals surface area contributed by atoms with Crippen molar-refractivity contribution in [3.8, 4) is 11.5 Å². The summed E-state index contributed by atoms with van der Waals surface area (Å²) in [5.41, 5.74) is 1.15. The summed E-state index contributed by atoms with van der Waals surface area (Å²) >= 11 is 6.64. The molecular formula is C17H29Cl3N2O2. The molecule has 1 aromatic carbocycles. The molecule has 0 bridgehead atoms. The average molecular weight is 400 g/mol. The highest BCUT2D eigenvalue weighted by molar-refractivity contribution is 6.33. The number of hydrogen-bond acceptors (Lipinski definition) is 4. The molecule has 1 fully saturated rings. The number of piperazine rings is 1. The fourth-order valence-electron chi connectivity index (χ4n) is 3.09. The number of halogens is 3. The third-order valence-corrected chi connectivity index (χ3v) is 4.69. The van der Waals surface area contributed by atoms with Gasteiger partial charge in [-0.25, -0.2) is 0 Å². The summed E-state index contributed by atoms with van der Waals surface area (Å²) in [7, 11) is 3.28. The maximum absolute atomic E-state index is 6.64. The normalized spacial score (nSPS) is 15.8. The lowest BCUT2D eigenvalue weighted by molar-refractivity contribution is 0.163. The molecule has 1 atom stereocenters. The van der Waals surface area contributed by atoms with Crippen molar-refractivity contribution in [2.24, 2.45) is 0 Å². The Balaban J connectivity index is 0.00000264. The summed E-state index contributed by atoms with van der Waals surface area (Å²) in [6.07, 6.45) is 3.50. The molecule has 0 saturated carbocycles. The molecule has 1 heterocycles. The van der Waals surface area contributed by atoms with Gasteiger partial charge < -0.3 is 14.8 Å². The van der Waals surface area contributed by atoms with Crippen molar-refractivity contribution in [1.82, 2.24) is 10.2 Å². The van der Waals surface area contributed by atoms with E-state index in [-0.39, 0.29) is 24.8 Å². The highest BCUT2D eigenvalue weighted by Crippen LogP contribution is 2.42. The molecule has 1 saturated heterocycles. The van der Waals surface area contributed by atoms with Crippen LogP contribution in [0, 0.1) is 0 Å². The van der Waals surface area contributed by atoms with Crippen molar-refractivity contribution in [2.75, 3.05) is 40.4 Å². The summed E-state index contributed by atoms with van der Waals surface area (Å²) in [5.74, 6) is 1.32. The molecular weight excluding hydrogens is 371 g/mol. The maximum atomic E-state index is 6.64. The molecule has 0 aromatic heterocycles. The standard InChI is InChI=1S/C17H27ClN2O2.2ClH/c1-4-5-6-14(20-11-9-19-10-12-20)13-7-8-15(21-2)17(22-3)16(13)18;;/h7-8,14,19H,4-6,9-12H2,1-3H3;2*1H/t14-;;/m0../s1. The van der Waals surface area contributed by atoms with Gasteiger partial charge in [0.15, 0.2) is 11.5 Å². The summed E-state index contributed by atoms with van der Waals surface area (Å²) in [6, 6.07) is 4.39. The first kappa shape index (κ1) is 23.6. The van der Waals surface area contributed by atoms with Gasteiger partial charge in [0, 0.05) is 32.2 Å². The van der Waals surface area contributed by atoms with E-state index in [1.807, 2.05) is 6.07 Å². The SMILES string of the molecule is CCCC[C@@H](c1ccc(OC)c(OC)c1Cl)N1CCNCC1.Cl.Cl. The van der Waals surface area contributed by atoms with Gasteiger partial charge in [0.2, 0.25) is 0 Å². The molecule has 1 N–H and O–H groups in total. The minimum Gasteiger partial charge on any atom is -0.493 e. The summed E-state index contributed by atoms with van der Waals surface area (Å²) in [6.45, 7) is 6.41. The lowest BCUT2D eigenvalue weighted by atomic mass is 9.98. The van der Waals surface area contributed by atoms with Gasteiger partial charge in [-0.3, -0.25) is 4.90 Å². The Morgan fingerprint density at radius 1 is 1.17 bits per heavy atom. The lowest BCUT2D eigenvalue weighted by Crippen LogP contribution is -2.45. The molecule has 2 rings (SSSR count). The molecule has 1 aromatic rings. The Morgan fingerprint density at radius 2 is 1.83 bits per heavy atom. The quantitative estimate of drug-likeness (QED) is 0.739. The first-order valence-electron chi connectivity index (χ1n) is 8.08. The van der Waals surface area contributed by atoms with E-state index in [0.717, 1.165) is 38.2 Å². The molecule has 1 aliphatic heterocycles. The van der Waals surface area contributed by atoms with E-state index < -0.39 is 0 Å². The van der Waals surface area contributed by atoms with E-state index in [2.05, 4.69) is 23.2 Å². The van der Waals surface area contributed by atoms with Gasteiger partial charge in [-0.2, -0.15) is 0 Å².